The zero-order valence-corrected chi connectivity index (χ0v) is 10.3. The molecule has 1 aromatic rings. The van der Waals surface area contributed by atoms with Gasteiger partial charge in [-0.1, -0.05) is 18.5 Å². The van der Waals surface area contributed by atoms with Crippen LogP contribution in [0, 0.1) is 10.1 Å². The molecule has 0 aliphatic carbocycles. The monoisotopic (exact) mass is 258 g/mol. The fourth-order valence-electron chi connectivity index (χ4n) is 1.47. The van der Waals surface area contributed by atoms with Crippen molar-refractivity contribution >= 4 is 17.3 Å². The Balaban J connectivity index is 2.81. The van der Waals surface area contributed by atoms with Gasteiger partial charge in [0.1, 0.15) is 0 Å². The first kappa shape index (κ1) is 13.9. The largest absolute Gasteiger partial charge is 0.395 e. The van der Waals surface area contributed by atoms with Crippen LogP contribution in [0.4, 0.5) is 5.69 Å². The molecule has 1 aromatic carbocycles. The Morgan fingerprint density at radius 3 is 2.82 bits per heavy atom. The average Bonchev–Trinajstić information content (AvgIpc) is 2.30. The molecule has 0 radical (unpaired) electrons. The van der Waals surface area contributed by atoms with Crippen LogP contribution in [0.3, 0.4) is 0 Å². The maximum absolute atomic E-state index is 10.8. The summed E-state index contributed by atoms with van der Waals surface area (Å²) in [6, 6.07) is 4.39. The molecule has 0 heterocycles. The third kappa shape index (κ3) is 3.96. The van der Waals surface area contributed by atoms with E-state index in [4.69, 9.17) is 16.7 Å². The first-order chi connectivity index (χ1) is 8.08. The summed E-state index contributed by atoms with van der Waals surface area (Å²) in [5.74, 6) is 0. The summed E-state index contributed by atoms with van der Waals surface area (Å²) in [6.07, 6.45) is 0.755. The predicted molar refractivity (Wildman–Crippen MR) is 66.1 cm³/mol. The van der Waals surface area contributed by atoms with Gasteiger partial charge in [-0.3, -0.25) is 10.1 Å². The highest BCUT2D eigenvalue weighted by Crippen LogP contribution is 2.22. The Bertz CT molecular complexity index is 394. The number of halogens is 1. The van der Waals surface area contributed by atoms with Gasteiger partial charge in [0, 0.05) is 29.2 Å². The molecule has 0 saturated heterocycles. The second-order valence-corrected chi connectivity index (χ2v) is 4.14. The Morgan fingerprint density at radius 1 is 1.59 bits per heavy atom. The Labute approximate surface area is 105 Å². The molecular formula is C11H15ClN2O3. The van der Waals surface area contributed by atoms with Gasteiger partial charge >= 0.3 is 0 Å². The van der Waals surface area contributed by atoms with E-state index in [9.17, 15) is 10.1 Å². The third-order valence-electron chi connectivity index (χ3n) is 2.53. The number of hydrogen-bond donors (Lipinski definition) is 2. The number of rotatable bonds is 6. The van der Waals surface area contributed by atoms with Crippen LogP contribution >= 0.6 is 11.6 Å². The highest BCUT2D eigenvalue weighted by atomic mass is 35.5. The molecule has 0 saturated carbocycles. The minimum atomic E-state index is -0.437. The quantitative estimate of drug-likeness (QED) is 0.605. The minimum absolute atomic E-state index is 0.00482. The topological polar surface area (TPSA) is 75.4 Å². The highest BCUT2D eigenvalue weighted by molar-refractivity contribution is 6.30. The van der Waals surface area contributed by atoms with E-state index in [2.05, 4.69) is 5.32 Å². The highest BCUT2D eigenvalue weighted by Gasteiger charge is 2.14. The zero-order chi connectivity index (χ0) is 12.8. The van der Waals surface area contributed by atoms with Gasteiger partial charge < -0.3 is 10.4 Å². The number of aliphatic hydroxyl groups excluding tert-OH is 1. The van der Waals surface area contributed by atoms with Crippen LogP contribution in [0.2, 0.25) is 5.02 Å². The first-order valence-electron chi connectivity index (χ1n) is 5.35. The van der Waals surface area contributed by atoms with Crippen molar-refractivity contribution in [1.82, 2.24) is 5.32 Å². The van der Waals surface area contributed by atoms with Crippen molar-refractivity contribution in [3.63, 3.8) is 0 Å². The van der Waals surface area contributed by atoms with Crippen LogP contribution in [0.15, 0.2) is 18.2 Å². The summed E-state index contributed by atoms with van der Waals surface area (Å²) in [5, 5.41) is 23.3. The van der Waals surface area contributed by atoms with E-state index in [0.717, 1.165) is 6.42 Å². The van der Waals surface area contributed by atoms with Gasteiger partial charge in [0.15, 0.2) is 0 Å². The van der Waals surface area contributed by atoms with Crippen LogP contribution in [0.1, 0.15) is 18.9 Å². The van der Waals surface area contributed by atoms with Crippen molar-refractivity contribution in [2.45, 2.75) is 25.9 Å². The molecule has 1 atom stereocenters. The molecule has 2 N–H and O–H groups in total. The van der Waals surface area contributed by atoms with Crippen LogP contribution in [0.25, 0.3) is 0 Å². The van der Waals surface area contributed by atoms with Gasteiger partial charge in [-0.05, 0) is 18.6 Å². The van der Waals surface area contributed by atoms with E-state index in [-0.39, 0.29) is 18.3 Å². The van der Waals surface area contributed by atoms with Gasteiger partial charge in [-0.2, -0.15) is 0 Å². The summed E-state index contributed by atoms with van der Waals surface area (Å²) in [6.45, 7) is 2.25. The molecule has 0 bridgehead atoms. The maximum Gasteiger partial charge on any atom is 0.273 e. The van der Waals surface area contributed by atoms with E-state index < -0.39 is 4.92 Å². The van der Waals surface area contributed by atoms with Gasteiger partial charge in [-0.25, -0.2) is 0 Å². The van der Waals surface area contributed by atoms with Crippen LogP contribution in [0.5, 0.6) is 0 Å². The molecule has 0 aliphatic rings. The third-order valence-corrected chi connectivity index (χ3v) is 2.77. The molecule has 1 rings (SSSR count). The lowest BCUT2D eigenvalue weighted by Gasteiger charge is -2.13. The number of nitro groups is 1. The standard InChI is InChI=1S/C11H15ClN2O3/c1-2-10(7-15)13-6-8-5-9(12)3-4-11(8)14(16)17/h3-5,10,13,15H,2,6-7H2,1H3. The molecule has 0 fully saturated rings. The summed E-state index contributed by atoms with van der Waals surface area (Å²) >= 11 is 5.80. The molecule has 0 amide bonds. The van der Waals surface area contributed by atoms with Crippen LogP contribution < -0.4 is 5.32 Å². The van der Waals surface area contributed by atoms with Crippen LogP contribution in [-0.4, -0.2) is 22.7 Å². The molecule has 0 aromatic heterocycles. The number of benzene rings is 1. The second kappa shape index (κ2) is 6.54. The molecule has 5 nitrogen and oxygen atoms in total. The molecule has 0 aliphatic heterocycles. The molecule has 6 heteroatoms. The van der Waals surface area contributed by atoms with Crippen molar-refractivity contribution < 1.29 is 10.0 Å². The van der Waals surface area contributed by atoms with Gasteiger partial charge in [0.25, 0.3) is 5.69 Å². The summed E-state index contributed by atoms with van der Waals surface area (Å²) in [7, 11) is 0. The second-order valence-electron chi connectivity index (χ2n) is 3.70. The van der Waals surface area contributed by atoms with Gasteiger partial charge in [0.2, 0.25) is 0 Å². The smallest absolute Gasteiger partial charge is 0.273 e. The number of nitro benzene ring substituents is 1. The van der Waals surface area contributed by atoms with Crippen molar-refractivity contribution in [3.05, 3.63) is 38.9 Å². The van der Waals surface area contributed by atoms with E-state index in [1.807, 2.05) is 6.92 Å². The van der Waals surface area contributed by atoms with E-state index in [0.29, 0.717) is 17.1 Å². The lowest BCUT2D eigenvalue weighted by Crippen LogP contribution is -2.31. The lowest BCUT2D eigenvalue weighted by molar-refractivity contribution is -0.385. The molecule has 0 spiro atoms. The number of aliphatic hydroxyl groups is 1. The fraction of sp³-hybridized carbons (Fsp3) is 0.455. The van der Waals surface area contributed by atoms with Crippen LogP contribution in [-0.2, 0) is 6.54 Å². The molecule has 17 heavy (non-hydrogen) atoms. The van der Waals surface area contributed by atoms with E-state index in [1.54, 1.807) is 6.07 Å². The van der Waals surface area contributed by atoms with Crippen molar-refractivity contribution in [2.75, 3.05) is 6.61 Å². The minimum Gasteiger partial charge on any atom is -0.395 e. The molecule has 94 valence electrons. The van der Waals surface area contributed by atoms with Crippen molar-refractivity contribution in [2.24, 2.45) is 0 Å². The first-order valence-corrected chi connectivity index (χ1v) is 5.73. The number of nitrogens with one attached hydrogen (secondary N) is 1. The van der Waals surface area contributed by atoms with E-state index in [1.165, 1.54) is 12.1 Å². The summed E-state index contributed by atoms with van der Waals surface area (Å²) in [4.78, 5) is 10.4. The van der Waals surface area contributed by atoms with Gasteiger partial charge in [-0.15, -0.1) is 0 Å². The zero-order valence-electron chi connectivity index (χ0n) is 9.52. The van der Waals surface area contributed by atoms with E-state index >= 15 is 0 Å². The van der Waals surface area contributed by atoms with Gasteiger partial charge in [0.05, 0.1) is 11.5 Å². The number of nitrogens with zero attached hydrogens (tertiary/aromatic N) is 1. The maximum atomic E-state index is 10.8. The Hall–Kier alpha value is -1.17. The average molecular weight is 259 g/mol. The molecular weight excluding hydrogens is 244 g/mol. The summed E-state index contributed by atoms with van der Waals surface area (Å²) < 4.78 is 0. The summed E-state index contributed by atoms with van der Waals surface area (Å²) in [5.41, 5.74) is 0.559. The Morgan fingerprint density at radius 2 is 2.29 bits per heavy atom. The SMILES string of the molecule is CCC(CO)NCc1cc(Cl)ccc1[N+](=O)[O-]. The fourth-order valence-corrected chi connectivity index (χ4v) is 1.66. The Kier molecular flexibility index (Phi) is 5.34. The molecule has 1 unspecified atom stereocenters. The normalized spacial score (nSPS) is 12.4. The van der Waals surface area contributed by atoms with Crippen molar-refractivity contribution in [1.29, 1.82) is 0 Å². The lowest BCUT2D eigenvalue weighted by atomic mass is 10.1. The number of hydrogen-bond acceptors (Lipinski definition) is 4. The predicted octanol–water partition coefficient (Wildman–Crippen LogP) is 2.11. The van der Waals surface area contributed by atoms with Crippen molar-refractivity contribution in [3.8, 4) is 0 Å².